The van der Waals surface area contributed by atoms with Gasteiger partial charge in [0, 0.05) is 30.4 Å². The van der Waals surface area contributed by atoms with Crippen LogP contribution in [0.15, 0.2) is 42.0 Å². The number of hydrogen-bond acceptors (Lipinski definition) is 5. The van der Waals surface area contributed by atoms with Crippen molar-refractivity contribution in [1.29, 1.82) is 0 Å². The molecular weight excluding hydrogens is 330 g/mol. The maximum absolute atomic E-state index is 13.4. The highest BCUT2D eigenvalue weighted by atomic mass is 32.1. The van der Waals surface area contributed by atoms with E-state index in [2.05, 4.69) is 15.0 Å². The first kappa shape index (κ1) is 16.6. The summed E-state index contributed by atoms with van der Waals surface area (Å²) in [6, 6.07) is 5.68. The summed E-state index contributed by atoms with van der Waals surface area (Å²) in [5.74, 6) is -1.06. The van der Waals surface area contributed by atoms with Crippen LogP contribution in [-0.4, -0.2) is 26.9 Å². The van der Waals surface area contributed by atoms with E-state index in [0.717, 1.165) is 22.3 Å². The molecule has 24 heavy (non-hydrogen) atoms. The third-order valence-electron chi connectivity index (χ3n) is 3.81. The zero-order valence-electron chi connectivity index (χ0n) is 13.3. The lowest BCUT2D eigenvalue weighted by Gasteiger charge is -2.24. The molecule has 1 atom stereocenters. The molecule has 0 saturated carbocycles. The van der Waals surface area contributed by atoms with Gasteiger partial charge >= 0.3 is 0 Å². The molecular formula is C17H16F2N4S. The first-order chi connectivity index (χ1) is 11.5. The van der Waals surface area contributed by atoms with Gasteiger partial charge in [0.25, 0.3) is 0 Å². The normalized spacial score (nSPS) is 12.5. The maximum Gasteiger partial charge on any atom is 0.188 e. The molecule has 0 spiro atoms. The van der Waals surface area contributed by atoms with Gasteiger partial charge in [0.2, 0.25) is 0 Å². The SMILES string of the molecule is C[C@H](c1ccc(F)c(F)c1)N(C)Cc1csc(-c2ncccn2)n1. The van der Waals surface area contributed by atoms with Gasteiger partial charge < -0.3 is 0 Å². The Morgan fingerprint density at radius 2 is 1.92 bits per heavy atom. The second kappa shape index (κ2) is 7.11. The van der Waals surface area contributed by atoms with Crippen LogP contribution < -0.4 is 0 Å². The Balaban J connectivity index is 1.71. The molecule has 0 fully saturated rings. The lowest BCUT2D eigenvalue weighted by molar-refractivity contribution is 0.250. The van der Waals surface area contributed by atoms with Gasteiger partial charge in [-0.2, -0.15) is 0 Å². The summed E-state index contributed by atoms with van der Waals surface area (Å²) in [5, 5.41) is 2.72. The Morgan fingerprint density at radius 3 is 2.62 bits per heavy atom. The Morgan fingerprint density at radius 1 is 1.17 bits per heavy atom. The predicted octanol–water partition coefficient (Wildman–Crippen LogP) is 4.07. The van der Waals surface area contributed by atoms with Gasteiger partial charge in [-0.3, -0.25) is 4.90 Å². The van der Waals surface area contributed by atoms with Crippen molar-refractivity contribution in [2.75, 3.05) is 7.05 Å². The number of halogens is 2. The summed E-state index contributed by atoms with van der Waals surface area (Å²) in [6.45, 7) is 2.53. The fraction of sp³-hybridized carbons (Fsp3) is 0.235. The fourth-order valence-corrected chi connectivity index (χ4v) is 3.07. The molecule has 0 aliphatic carbocycles. The highest BCUT2D eigenvalue weighted by Crippen LogP contribution is 2.25. The molecule has 0 amide bonds. The fourth-order valence-electron chi connectivity index (χ4n) is 2.31. The molecule has 2 aromatic heterocycles. The molecule has 0 aliphatic rings. The third-order valence-corrected chi connectivity index (χ3v) is 4.69. The van der Waals surface area contributed by atoms with Crippen LogP contribution in [0.5, 0.6) is 0 Å². The van der Waals surface area contributed by atoms with Crippen LogP contribution in [0.4, 0.5) is 8.78 Å². The highest BCUT2D eigenvalue weighted by Gasteiger charge is 2.16. The van der Waals surface area contributed by atoms with E-state index >= 15 is 0 Å². The first-order valence-corrected chi connectivity index (χ1v) is 8.29. The third kappa shape index (κ3) is 3.63. The van der Waals surface area contributed by atoms with E-state index in [4.69, 9.17) is 0 Å². The minimum absolute atomic E-state index is 0.0711. The topological polar surface area (TPSA) is 41.9 Å². The number of benzene rings is 1. The van der Waals surface area contributed by atoms with Crippen molar-refractivity contribution in [2.24, 2.45) is 0 Å². The largest absolute Gasteiger partial charge is 0.294 e. The van der Waals surface area contributed by atoms with Gasteiger partial charge in [-0.1, -0.05) is 6.07 Å². The van der Waals surface area contributed by atoms with Crippen LogP contribution in [0, 0.1) is 11.6 Å². The zero-order valence-corrected chi connectivity index (χ0v) is 14.1. The molecule has 4 nitrogen and oxygen atoms in total. The molecule has 0 N–H and O–H groups in total. The van der Waals surface area contributed by atoms with Crippen molar-refractivity contribution < 1.29 is 8.78 Å². The van der Waals surface area contributed by atoms with E-state index in [-0.39, 0.29) is 6.04 Å². The van der Waals surface area contributed by atoms with Crippen molar-refractivity contribution in [1.82, 2.24) is 19.9 Å². The Hall–Kier alpha value is -2.25. The van der Waals surface area contributed by atoms with E-state index < -0.39 is 11.6 Å². The number of nitrogens with zero attached hydrogens (tertiary/aromatic N) is 4. The molecule has 3 aromatic rings. The Kier molecular flexibility index (Phi) is 4.92. The number of rotatable bonds is 5. The smallest absolute Gasteiger partial charge is 0.188 e. The van der Waals surface area contributed by atoms with Crippen LogP contribution in [0.2, 0.25) is 0 Å². The van der Waals surface area contributed by atoms with Crippen LogP contribution in [0.1, 0.15) is 24.2 Å². The van der Waals surface area contributed by atoms with E-state index in [1.54, 1.807) is 24.5 Å². The van der Waals surface area contributed by atoms with E-state index in [1.165, 1.54) is 17.4 Å². The van der Waals surface area contributed by atoms with Crippen LogP contribution in [-0.2, 0) is 6.54 Å². The summed E-state index contributed by atoms with van der Waals surface area (Å²) >= 11 is 1.48. The van der Waals surface area contributed by atoms with Gasteiger partial charge in [0.05, 0.1) is 5.69 Å². The quantitative estimate of drug-likeness (QED) is 0.698. The second-order valence-electron chi connectivity index (χ2n) is 5.48. The van der Waals surface area contributed by atoms with Crippen LogP contribution in [0.25, 0.3) is 10.8 Å². The van der Waals surface area contributed by atoms with Crippen molar-refractivity contribution in [3.05, 3.63) is 64.9 Å². The molecule has 1 aromatic carbocycles. The van der Waals surface area contributed by atoms with Crippen LogP contribution >= 0.6 is 11.3 Å². The standard InChI is InChI=1S/C17H16F2N4S/c1-11(12-4-5-14(18)15(19)8-12)23(2)9-13-10-24-17(22-13)16-20-6-3-7-21-16/h3-8,10-11H,9H2,1-2H3/t11-/m1/s1. The summed E-state index contributed by atoms with van der Waals surface area (Å²) in [5.41, 5.74) is 1.61. The first-order valence-electron chi connectivity index (χ1n) is 7.41. The van der Waals surface area contributed by atoms with Gasteiger partial charge in [-0.15, -0.1) is 11.3 Å². The van der Waals surface area contributed by atoms with Gasteiger partial charge in [-0.05, 0) is 37.7 Å². The average molecular weight is 346 g/mol. The molecule has 0 radical (unpaired) electrons. The van der Waals surface area contributed by atoms with Gasteiger partial charge in [-0.25, -0.2) is 23.7 Å². The number of aromatic nitrogens is 3. The Bertz CT molecular complexity index is 822. The second-order valence-corrected chi connectivity index (χ2v) is 6.34. The lowest BCUT2D eigenvalue weighted by atomic mass is 10.1. The summed E-state index contributed by atoms with van der Waals surface area (Å²) in [4.78, 5) is 14.9. The highest BCUT2D eigenvalue weighted by molar-refractivity contribution is 7.13. The monoisotopic (exact) mass is 346 g/mol. The van der Waals surface area contributed by atoms with Crippen LogP contribution in [0.3, 0.4) is 0 Å². The molecule has 124 valence electrons. The van der Waals surface area contributed by atoms with Gasteiger partial charge in [0.1, 0.15) is 0 Å². The summed E-state index contributed by atoms with van der Waals surface area (Å²) < 4.78 is 26.5. The maximum atomic E-state index is 13.4. The van der Waals surface area contributed by atoms with Crippen molar-refractivity contribution >= 4 is 11.3 Å². The average Bonchev–Trinajstić information content (AvgIpc) is 3.06. The molecule has 0 bridgehead atoms. The van der Waals surface area contributed by atoms with Crippen molar-refractivity contribution in [3.63, 3.8) is 0 Å². The van der Waals surface area contributed by atoms with Crippen molar-refractivity contribution in [3.8, 4) is 10.8 Å². The molecule has 7 heteroatoms. The van der Waals surface area contributed by atoms with E-state index in [1.807, 2.05) is 24.3 Å². The zero-order chi connectivity index (χ0) is 17.1. The lowest BCUT2D eigenvalue weighted by Crippen LogP contribution is -2.22. The molecule has 2 heterocycles. The molecule has 3 rings (SSSR count). The Labute approximate surface area is 142 Å². The molecule has 0 unspecified atom stereocenters. The molecule has 0 saturated heterocycles. The minimum atomic E-state index is -0.833. The predicted molar refractivity (Wildman–Crippen MR) is 89.4 cm³/mol. The number of thiazole rings is 1. The van der Waals surface area contributed by atoms with Gasteiger partial charge in [0.15, 0.2) is 22.5 Å². The minimum Gasteiger partial charge on any atom is -0.294 e. The summed E-state index contributed by atoms with van der Waals surface area (Å²) in [7, 11) is 1.92. The van der Waals surface area contributed by atoms with E-state index in [0.29, 0.717) is 12.4 Å². The van der Waals surface area contributed by atoms with E-state index in [9.17, 15) is 8.78 Å². The summed E-state index contributed by atoms with van der Waals surface area (Å²) in [6.07, 6.45) is 3.36. The molecule has 0 aliphatic heterocycles. The number of hydrogen-bond donors (Lipinski definition) is 0. The van der Waals surface area contributed by atoms with Crippen molar-refractivity contribution in [2.45, 2.75) is 19.5 Å².